The van der Waals surface area contributed by atoms with Gasteiger partial charge in [0.25, 0.3) is 0 Å². The van der Waals surface area contributed by atoms with Crippen molar-refractivity contribution in [1.82, 2.24) is 14.9 Å². The molecule has 1 aromatic heterocycles. The van der Waals surface area contributed by atoms with Crippen LogP contribution in [0.3, 0.4) is 0 Å². The van der Waals surface area contributed by atoms with E-state index in [4.69, 9.17) is 0 Å². The van der Waals surface area contributed by atoms with Crippen LogP contribution in [-0.2, 0) is 16.6 Å². The number of aromatic nitrogens is 2. The lowest BCUT2D eigenvalue weighted by Gasteiger charge is -2.09. The van der Waals surface area contributed by atoms with Crippen molar-refractivity contribution in [3.05, 3.63) is 36.5 Å². The minimum absolute atomic E-state index is 0.0170. The quantitative estimate of drug-likeness (QED) is 0.823. The van der Waals surface area contributed by atoms with Gasteiger partial charge in [0, 0.05) is 7.05 Å². The molecule has 2 rings (SSSR count). The first-order chi connectivity index (χ1) is 8.63. The van der Waals surface area contributed by atoms with Gasteiger partial charge < -0.3 is 9.84 Å². The standard InChI is InChI=1S/C10H12N4O3S/c1-11-8-4-2-3-5-9(8)18(15,16)13-6-10-12-7-17-14-10/h2-5,7,11,13H,6H2,1H3. The number of nitrogens with zero attached hydrogens (tertiary/aromatic N) is 2. The predicted octanol–water partition coefficient (Wildman–Crippen LogP) is 0.590. The van der Waals surface area contributed by atoms with Crippen LogP contribution < -0.4 is 10.0 Å². The Morgan fingerprint density at radius 2 is 2.11 bits per heavy atom. The second-order valence-corrected chi connectivity index (χ2v) is 5.15. The zero-order valence-electron chi connectivity index (χ0n) is 9.62. The maximum absolute atomic E-state index is 12.1. The summed E-state index contributed by atoms with van der Waals surface area (Å²) in [7, 11) is -1.95. The number of rotatable bonds is 5. The first-order valence-electron chi connectivity index (χ1n) is 5.15. The molecule has 0 amide bonds. The van der Waals surface area contributed by atoms with Crippen LogP contribution in [0.1, 0.15) is 5.82 Å². The normalized spacial score (nSPS) is 11.4. The van der Waals surface area contributed by atoms with E-state index in [1.807, 2.05) is 0 Å². The van der Waals surface area contributed by atoms with Crippen molar-refractivity contribution >= 4 is 15.7 Å². The second kappa shape index (κ2) is 5.15. The summed E-state index contributed by atoms with van der Waals surface area (Å²) in [6.07, 6.45) is 1.14. The molecule has 0 saturated carbocycles. The summed E-state index contributed by atoms with van der Waals surface area (Å²) in [5.74, 6) is 0.278. The molecule has 1 aromatic carbocycles. The number of sulfonamides is 1. The number of nitrogens with one attached hydrogen (secondary N) is 2. The van der Waals surface area contributed by atoms with Gasteiger partial charge in [-0.25, -0.2) is 13.1 Å². The van der Waals surface area contributed by atoms with Gasteiger partial charge in [-0.2, -0.15) is 4.98 Å². The van der Waals surface area contributed by atoms with Crippen molar-refractivity contribution in [1.29, 1.82) is 0 Å². The van der Waals surface area contributed by atoms with Gasteiger partial charge in [0.1, 0.15) is 4.90 Å². The largest absolute Gasteiger partial charge is 0.387 e. The molecule has 1 heterocycles. The number of hydrogen-bond donors (Lipinski definition) is 2. The Balaban J connectivity index is 2.20. The average Bonchev–Trinajstić information content (AvgIpc) is 2.89. The van der Waals surface area contributed by atoms with Crippen molar-refractivity contribution in [3.63, 3.8) is 0 Å². The molecule has 0 aliphatic heterocycles. The van der Waals surface area contributed by atoms with Gasteiger partial charge in [-0.05, 0) is 12.1 Å². The zero-order valence-corrected chi connectivity index (χ0v) is 10.4. The fourth-order valence-corrected chi connectivity index (χ4v) is 2.61. The molecule has 0 unspecified atom stereocenters. The number of hydrogen-bond acceptors (Lipinski definition) is 6. The van der Waals surface area contributed by atoms with Crippen LogP contribution in [-0.4, -0.2) is 25.6 Å². The van der Waals surface area contributed by atoms with Crippen LogP contribution in [0.25, 0.3) is 0 Å². The maximum atomic E-state index is 12.1. The van der Waals surface area contributed by atoms with Crippen LogP contribution in [0, 0.1) is 0 Å². The highest BCUT2D eigenvalue weighted by molar-refractivity contribution is 7.89. The van der Waals surface area contributed by atoms with Gasteiger partial charge in [-0.15, -0.1) is 0 Å². The van der Waals surface area contributed by atoms with Gasteiger partial charge in [-0.3, -0.25) is 0 Å². The van der Waals surface area contributed by atoms with Crippen LogP contribution in [0.2, 0.25) is 0 Å². The fourth-order valence-electron chi connectivity index (χ4n) is 1.42. The third kappa shape index (κ3) is 2.66. The average molecular weight is 268 g/mol. The Hall–Kier alpha value is -1.93. The van der Waals surface area contributed by atoms with Gasteiger partial charge in [0.2, 0.25) is 16.4 Å². The Morgan fingerprint density at radius 3 is 2.78 bits per heavy atom. The van der Waals surface area contributed by atoms with E-state index in [1.165, 1.54) is 6.07 Å². The lowest BCUT2D eigenvalue weighted by atomic mass is 10.3. The summed E-state index contributed by atoms with van der Waals surface area (Å²) in [5.41, 5.74) is 0.526. The molecule has 0 atom stereocenters. The van der Waals surface area contributed by atoms with Crippen LogP contribution in [0.15, 0.2) is 40.1 Å². The van der Waals surface area contributed by atoms with E-state index in [-0.39, 0.29) is 17.3 Å². The summed E-state index contributed by atoms with van der Waals surface area (Å²) >= 11 is 0. The van der Waals surface area contributed by atoms with E-state index in [9.17, 15) is 8.42 Å². The van der Waals surface area contributed by atoms with Gasteiger partial charge >= 0.3 is 0 Å². The van der Waals surface area contributed by atoms with E-state index in [0.717, 1.165) is 6.39 Å². The summed E-state index contributed by atoms with van der Waals surface area (Å²) < 4.78 is 31.1. The molecule has 0 fully saturated rings. The van der Waals surface area contributed by atoms with Crippen LogP contribution in [0.5, 0.6) is 0 Å². The molecule has 7 nitrogen and oxygen atoms in total. The monoisotopic (exact) mass is 268 g/mol. The zero-order chi connectivity index (χ0) is 13.0. The minimum Gasteiger partial charge on any atom is -0.387 e. The molecule has 0 bridgehead atoms. The molecule has 0 radical (unpaired) electrons. The van der Waals surface area contributed by atoms with Crippen molar-refractivity contribution in [3.8, 4) is 0 Å². The van der Waals surface area contributed by atoms with Gasteiger partial charge in [-0.1, -0.05) is 17.3 Å². The van der Waals surface area contributed by atoms with Crippen LogP contribution in [0.4, 0.5) is 5.69 Å². The molecule has 0 spiro atoms. The molecule has 2 aromatic rings. The summed E-state index contributed by atoms with van der Waals surface area (Å²) in [4.78, 5) is 3.91. The number of benzene rings is 1. The van der Waals surface area contributed by atoms with E-state index in [1.54, 1.807) is 25.2 Å². The second-order valence-electron chi connectivity index (χ2n) is 3.42. The summed E-state index contributed by atoms with van der Waals surface area (Å²) in [6, 6.07) is 6.61. The highest BCUT2D eigenvalue weighted by Crippen LogP contribution is 2.19. The molecule has 0 saturated heterocycles. The summed E-state index contributed by atoms with van der Waals surface area (Å²) in [5, 5.41) is 6.35. The molecule has 0 aliphatic rings. The van der Waals surface area contributed by atoms with Crippen LogP contribution >= 0.6 is 0 Å². The lowest BCUT2D eigenvalue weighted by Crippen LogP contribution is -2.24. The van der Waals surface area contributed by atoms with Gasteiger partial charge in [0.05, 0.1) is 12.2 Å². The molecule has 96 valence electrons. The van der Waals surface area contributed by atoms with E-state index >= 15 is 0 Å². The van der Waals surface area contributed by atoms with E-state index in [0.29, 0.717) is 5.69 Å². The topological polar surface area (TPSA) is 97.1 Å². The highest BCUT2D eigenvalue weighted by Gasteiger charge is 2.17. The Labute approximate surface area is 104 Å². The molecule has 8 heteroatoms. The predicted molar refractivity (Wildman–Crippen MR) is 64.3 cm³/mol. The Kier molecular flexibility index (Phi) is 3.58. The van der Waals surface area contributed by atoms with E-state index < -0.39 is 10.0 Å². The maximum Gasteiger partial charge on any atom is 0.243 e. The fraction of sp³-hybridized carbons (Fsp3) is 0.200. The summed E-state index contributed by atoms with van der Waals surface area (Å²) in [6.45, 7) is -0.0170. The molecular formula is C10H12N4O3S. The Morgan fingerprint density at radius 1 is 1.33 bits per heavy atom. The molecule has 2 N–H and O–H groups in total. The van der Waals surface area contributed by atoms with Crippen molar-refractivity contribution < 1.29 is 12.9 Å². The first-order valence-corrected chi connectivity index (χ1v) is 6.63. The van der Waals surface area contributed by atoms with Crippen molar-refractivity contribution in [2.75, 3.05) is 12.4 Å². The highest BCUT2D eigenvalue weighted by atomic mass is 32.2. The van der Waals surface area contributed by atoms with Crippen molar-refractivity contribution in [2.45, 2.75) is 11.4 Å². The lowest BCUT2D eigenvalue weighted by molar-refractivity contribution is 0.409. The first kappa shape index (κ1) is 12.5. The molecule has 0 aliphatic carbocycles. The minimum atomic E-state index is -3.61. The van der Waals surface area contributed by atoms with E-state index in [2.05, 4.69) is 24.7 Å². The van der Waals surface area contributed by atoms with Gasteiger partial charge in [0.15, 0.2) is 5.82 Å². The third-order valence-electron chi connectivity index (χ3n) is 2.27. The smallest absolute Gasteiger partial charge is 0.243 e. The Bertz CT molecular complexity index is 610. The van der Waals surface area contributed by atoms with Crippen molar-refractivity contribution in [2.24, 2.45) is 0 Å². The number of para-hydroxylation sites is 1. The number of anilines is 1. The molecular weight excluding hydrogens is 256 g/mol. The molecule has 18 heavy (non-hydrogen) atoms. The third-order valence-corrected chi connectivity index (χ3v) is 3.73. The SMILES string of the molecule is CNc1ccccc1S(=O)(=O)NCc1ncon1.